The van der Waals surface area contributed by atoms with Gasteiger partial charge < -0.3 is 45.8 Å². The summed E-state index contributed by atoms with van der Waals surface area (Å²) >= 11 is 0. The number of ether oxygens (including phenoxy) is 1. The lowest BCUT2D eigenvalue weighted by molar-refractivity contribution is -0.138. The van der Waals surface area contributed by atoms with E-state index in [1.165, 1.54) is 23.5 Å². The first-order valence-electron chi connectivity index (χ1n) is 12.9. The van der Waals surface area contributed by atoms with Gasteiger partial charge in [-0.2, -0.15) is 0 Å². The highest BCUT2D eigenvalue weighted by atomic mass is 16.6. The summed E-state index contributed by atoms with van der Waals surface area (Å²) in [5.74, 6) is -0.972. The van der Waals surface area contributed by atoms with Crippen molar-refractivity contribution in [2.75, 3.05) is 6.61 Å². The van der Waals surface area contributed by atoms with Gasteiger partial charge in [-0.15, -0.1) is 0 Å². The summed E-state index contributed by atoms with van der Waals surface area (Å²) in [6, 6.07) is 6.91. The number of carbonyl (C=O) groups is 1. The largest absolute Gasteiger partial charge is 0.480 e. The second-order valence-electron chi connectivity index (χ2n) is 9.46. The van der Waals surface area contributed by atoms with E-state index in [4.69, 9.17) is 20.7 Å². The summed E-state index contributed by atoms with van der Waals surface area (Å²) in [5.41, 5.74) is 8.96. The van der Waals surface area contributed by atoms with Crippen molar-refractivity contribution in [1.82, 2.24) is 44.4 Å². The Morgan fingerprint density at radius 2 is 1.84 bits per heavy atom. The molecular weight excluding hydrogens is 564 g/mol. The van der Waals surface area contributed by atoms with E-state index in [0.717, 1.165) is 22.0 Å². The molecule has 1 saturated heterocycles. The van der Waals surface area contributed by atoms with Gasteiger partial charge in [0.2, 0.25) is 0 Å². The molecule has 0 bridgehead atoms. The maximum absolute atomic E-state index is 11.5. The number of hydrogen-bond acceptors (Lipinski definition) is 12. The molecule has 0 amide bonds. The van der Waals surface area contributed by atoms with E-state index in [9.17, 15) is 19.8 Å². The van der Waals surface area contributed by atoms with Crippen molar-refractivity contribution in [2.24, 2.45) is 5.73 Å². The molecule has 17 nitrogen and oxygen atoms in total. The average Bonchev–Trinajstić information content (AvgIpc) is 3.81. The van der Waals surface area contributed by atoms with E-state index in [1.54, 1.807) is 12.5 Å². The Labute approximate surface area is 241 Å². The first kappa shape index (κ1) is 29.4. The fraction of sp³-hybridized carbons (Fsp3) is 0.269. The molecule has 1 fully saturated rings. The van der Waals surface area contributed by atoms with Crippen LogP contribution in [-0.2, 0) is 16.0 Å². The standard InChI is InChI=1S/C11H12N2O2.C10H12N4O5.C5H4N4/c12-9(11(14)15)5-7-6-13-10-4-2-1-3-8(7)10;15-1-4-6(16)7(17)10(19-4)14-3-13-5-8(14)11-2-12-9(5)18;1-4-5(8-2-6-1)9-3-7-4/h1-4,6,9,13H,5,12H2,(H,14,15);2-4,6-7,10,15-17H,1H2,(H,11,12,18);1-3H,(H,6,7,8,9)/t9-;4-,6-,7-,10-;/m01./s1. The SMILES string of the molecule is N[C@@H](Cc1c[nH]c2ccccc12)C(=O)O.O=c1[nH]cnc2c1ncn2[C@@H]1O[C@H](CO)[C@@H](O)[C@H]1O.c1ncc2[nH]cnc2n1. The van der Waals surface area contributed by atoms with Crippen molar-refractivity contribution in [3.63, 3.8) is 0 Å². The Bertz CT molecular complexity index is 1850. The Hall–Kier alpha value is -5.07. The van der Waals surface area contributed by atoms with E-state index in [2.05, 4.69) is 39.9 Å². The number of aliphatic hydroxyl groups excluding tert-OH is 3. The molecule has 7 rings (SSSR count). The number of imidazole rings is 2. The zero-order valence-corrected chi connectivity index (χ0v) is 22.3. The molecule has 6 aromatic rings. The van der Waals surface area contributed by atoms with Crippen LogP contribution in [0.5, 0.6) is 0 Å². The van der Waals surface area contributed by atoms with Crippen LogP contribution in [0.2, 0.25) is 0 Å². The lowest BCUT2D eigenvalue weighted by Crippen LogP contribution is -2.33. The highest BCUT2D eigenvalue weighted by molar-refractivity contribution is 5.84. The van der Waals surface area contributed by atoms with Gasteiger partial charge in [-0.1, -0.05) is 18.2 Å². The van der Waals surface area contributed by atoms with Gasteiger partial charge >= 0.3 is 5.97 Å². The maximum Gasteiger partial charge on any atom is 0.320 e. The highest BCUT2D eigenvalue weighted by Gasteiger charge is 2.44. The van der Waals surface area contributed by atoms with Gasteiger partial charge in [0.05, 0.1) is 31.8 Å². The number of hydrogen-bond donors (Lipinski definition) is 8. The minimum absolute atomic E-state index is 0.111. The van der Waals surface area contributed by atoms with Crippen LogP contribution in [0.25, 0.3) is 33.2 Å². The van der Waals surface area contributed by atoms with E-state index in [0.29, 0.717) is 12.1 Å². The molecule has 6 heterocycles. The Kier molecular flexibility index (Phi) is 8.79. The Morgan fingerprint density at radius 1 is 1.05 bits per heavy atom. The monoisotopic (exact) mass is 592 g/mol. The molecule has 0 spiro atoms. The van der Waals surface area contributed by atoms with E-state index < -0.39 is 48.7 Å². The number of nitrogens with one attached hydrogen (secondary N) is 3. The van der Waals surface area contributed by atoms with Crippen molar-refractivity contribution < 1.29 is 30.0 Å². The molecule has 1 aliphatic heterocycles. The summed E-state index contributed by atoms with van der Waals surface area (Å²) in [7, 11) is 0. The number of rotatable bonds is 5. The molecule has 0 saturated carbocycles. The van der Waals surface area contributed by atoms with Crippen LogP contribution < -0.4 is 11.3 Å². The second-order valence-corrected chi connectivity index (χ2v) is 9.46. The number of carboxylic acids is 1. The maximum atomic E-state index is 11.5. The van der Waals surface area contributed by atoms with Gasteiger partial charge in [-0.3, -0.25) is 14.2 Å². The quantitative estimate of drug-likeness (QED) is 0.122. The third-order valence-corrected chi connectivity index (χ3v) is 6.69. The van der Waals surface area contributed by atoms with Gasteiger partial charge in [0, 0.05) is 23.5 Å². The zero-order valence-electron chi connectivity index (χ0n) is 22.3. The van der Waals surface area contributed by atoms with E-state index in [-0.39, 0.29) is 11.2 Å². The van der Waals surface area contributed by atoms with Crippen molar-refractivity contribution in [3.8, 4) is 0 Å². The molecule has 0 aliphatic carbocycles. The van der Waals surface area contributed by atoms with Crippen LogP contribution in [0.1, 0.15) is 11.8 Å². The number of aromatic amines is 3. The van der Waals surface area contributed by atoms with Crippen molar-refractivity contribution in [2.45, 2.75) is 37.0 Å². The summed E-state index contributed by atoms with van der Waals surface area (Å²) in [5, 5.41) is 38.4. The van der Waals surface area contributed by atoms with Crippen LogP contribution >= 0.6 is 0 Å². The van der Waals surface area contributed by atoms with Crippen LogP contribution in [0.15, 0.2) is 66.8 Å². The molecular formula is C26H28N10O7. The van der Waals surface area contributed by atoms with Crippen molar-refractivity contribution >= 4 is 39.2 Å². The number of para-hydroxylation sites is 1. The number of benzene rings is 1. The van der Waals surface area contributed by atoms with Gasteiger partial charge in [0.25, 0.3) is 5.56 Å². The molecule has 43 heavy (non-hydrogen) atoms. The van der Waals surface area contributed by atoms with E-state index >= 15 is 0 Å². The summed E-state index contributed by atoms with van der Waals surface area (Å²) in [4.78, 5) is 49.9. The molecule has 1 aromatic carbocycles. The Morgan fingerprint density at radius 3 is 2.58 bits per heavy atom. The minimum atomic E-state index is -1.24. The fourth-order valence-electron chi connectivity index (χ4n) is 4.47. The normalized spacial score (nSPS) is 20.4. The molecule has 224 valence electrons. The zero-order chi connectivity index (χ0) is 30.5. The molecule has 5 aromatic heterocycles. The fourth-order valence-corrected chi connectivity index (χ4v) is 4.47. The van der Waals surface area contributed by atoms with Gasteiger partial charge in [-0.25, -0.2) is 24.9 Å². The smallest absolute Gasteiger partial charge is 0.320 e. The number of nitrogens with zero attached hydrogens (tertiary/aromatic N) is 6. The number of aromatic nitrogens is 9. The van der Waals surface area contributed by atoms with Gasteiger partial charge in [0.15, 0.2) is 23.0 Å². The molecule has 0 unspecified atom stereocenters. The predicted octanol–water partition coefficient (Wildman–Crippen LogP) is -0.794. The minimum Gasteiger partial charge on any atom is -0.480 e. The lowest BCUT2D eigenvalue weighted by Gasteiger charge is -2.16. The summed E-state index contributed by atoms with van der Waals surface area (Å²) < 4.78 is 6.70. The second kappa shape index (κ2) is 12.8. The van der Waals surface area contributed by atoms with E-state index in [1.807, 2.05) is 30.5 Å². The molecule has 5 atom stereocenters. The molecule has 9 N–H and O–H groups in total. The number of fused-ring (bicyclic) bond motifs is 3. The first-order valence-corrected chi connectivity index (χ1v) is 12.9. The highest BCUT2D eigenvalue weighted by Crippen LogP contribution is 2.30. The topological polar surface area (TPSA) is 267 Å². The van der Waals surface area contributed by atoms with Crippen LogP contribution in [0.4, 0.5) is 0 Å². The van der Waals surface area contributed by atoms with Crippen molar-refractivity contribution in [1.29, 1.82) is 0 Å². The molecule has 0 radical (unpaired) electrons. The summed E-state index contributed by atoms with van der Waals surface area (Å²) in [6.45, 7) is -0.421. The summed E-state index contributed by atoms with van der Waals surface area (Å²) in [6.07, 6.45) is 5.14. The third-order valence-electron chi connectivity index (χ3n) is 6.69. The third kappa shape index (κ3) is 6.25. The number of H-pyrrole nitrogens is 3. The number of nitrogens with two attached hydrogens (primary N) is 1. The first-order chi connectivity index (χ1) is 20.8. The van der Waals surface area contributed by atoms with Crippen molar-refractivity contribution in [3.05, 3.63) is 77.9 Å². The predicted molar refractivity (Wildman–Crippen MR) is 150 cm³/mol. The Balaban J connectivity index is 0.000000136. The molecule has 1 aliphatic rings. The number of aliphatic hydroxyl groups is 3. The van der Waals surface area contributed by atoms with Gasteiger partial charge in [-0.05, 0) is 11.6 Å². The van der Waals surface area contributed by atoms with Crippen LogP contribution in [0.3, 0.4) is 0 Å². The average molecular weight is 593 g/mol. The van der Waals surface area contributed by atoms with Crippen LogP contribution in [-0.4, -0.2) is 102 Å². The lowest BCUT2D eigenvalue weighted by atomic mass is 10.1. The number of carboxylic acid groups (broad SMARTS) is 1. The van der Waals surface area contributed by atoms with Crippen LogP contribution in [0, 0.1) is 0 Å². The van der Waals surface area contributed by atoms with Gasteiger partial charge in [0.1, 0.15) is 36.2 Å². The number of aliphatic carboxylic acids is 1. The molecule has 17 heteroatoms.